The Morgan fingerprint density at radius 3 is 2.62 bits per heavy atom. The number of carbonyl (C=O) groups is 1. The lowest BCUT2D eigenvalue weighted by Gasteiger charge is -2.13. The summed E-state index contributed by atoms with van der Waals surface area (Å²) in [4.78, 5) is 12.8. The first-order chi connectivity index (χ1) is 11.6. The summed E-state index contributed by atoms with van der Waals surface area (Å²) in [6.45, 7) is 4.30. The number of benzene rings is 2. The minimum Gasteiger partial charge on any atom is -0.493 e. The molecule has 0 radical (unpaired) electrons. The van der Waals surface area contributed by atoms with E-state index in [4.69, 9.17) is 16.3 Å². The Morgan fingerprint density at radius 1 is 1.17 bits per heavy atom. The van der Waals surface area contributed by atoms with Crippen LogP contribution < -0.4 is 9.75 Å². The van der Waals surface area contributed by atoms with Gasteiger partial charge in [0.05, 0.1) is 28.6 Å². The minimum atomic E-state index is -0.202. The number of hydrogen-bond donors (Lipinski definition) is 0. The molecular weight excluding hydrogens is 324 g/mol. The summed E-state index contributed by atoms with van der Waals surface area (Å²) < 4.78 is 5.62. The third kappa shape index (κ3) is 3.05. The van der Waals surface area contributed by atoms with Crippen LogP contribution >= 0.6 is 11.6 Å². The van der Waals surface area contributed by atoms with Crippen molar-refractivity contribution in [2.24, 2.45) is 5.10 Å². The van der Waals surface area contributed by atoms with Gasteiger partial charge in [0.15, 0.2) is 0 Å². The first-order valence-electron chi connectivity index (χ1n) is 7.70. The highest BCUT2D eigenvalue weighted by atomic mass is 35.5. The highest BCUT2D eigenvalue weighted by Gasteiger charge is 2.30. The lowest BCUT2D eigenvalue weighted by atomic mass is 10.1. The van der Waals surface area contributed by atoms with Crippen LogP contribution in [0.1, 0.15) is 19.4 Å². The van der Waals surface area contributed by atoms with E-state index in [1.54, 1.807) is 12.1 Å². The maximum absolute atomic E-state index is 12.8. The molecule has 2 aromatic rings. The number of para-hydroxylation sites is 2. The molecule has 0 aromatic heterocycles. The summed E-state index contributed by atoms with van der Waals surface area (Å²) in [6, 6.07) is 14.8. The van der Waals surface area contributed by atoms with E-state index in [1.807, 2.05) is 56.3 Å². The lowest BCUT2D eigenvalue weighted by Crippen LogP contribution is -2.21. The molecule has 0 unspecified atom stereocenters. The third-order valence-corrected chi connectivity index (χ3v) is 3.98. The van der Waals surface area contributed by atoms with Gasteiger partial charge < -0.3 is 4.74 Å². The molecule has 5 heteroatoms. The van der Waals surface area contributed by atoms with E-state index < -0.39 is 0 Å². The molecule has 2 aromatic carbocycles. The number of hydrazone groups is 1. The number of amides is 1. The zero-order chi connectivity index (χ0) is 17.1. The van der Waals surface area contributed by atoms with E-state index in [9.17, 15) is 4.79 Å². The number of nitrogens with zero attached hydrogens (tertiary/aromatic N) is 2. The zero-order valence-corrected chi connectivity index (χ0v) is 14.2. The predicted molar refractivity (Wildman–Crippen MR) is 97.6 cm³/mol. The van der Waals surface area contributed by atoms with Crippen molar-refractivity contribution in [2.45, 2.75) is 13.8 Å². The molecule has 1 heterocycles. The standard InChI is InChI=1S/C19H17ClN2O2/c1-3-24-18-11-7-4-8-14(18)12-15-13(2)21-22(19(15)23)17-10-6-5-9-16(17)20/h4-12H,3H2,1-2H3/b15-12+. The van der Waals surface area contributed by atoms with Crippen LogP contribution in [0.25, 0.3) is 6.08 Å². The van der Waals surface area contributed by atoms with Gasteiger partial charge in [-0.3, -0.25) is 4.79 Å². The Morgan fingerprint density at radius 2 is 1.88 bits per heavy atom. The quantitative estimate of drug-likeness (QED) is 0.766. The molecule has 0 N–H and O–H groups in total. The van der Waals surface area contributed by atoms with Crippen molar-refractivity contribution in [2.75, 3.05) is 11.6 Å². The molecule has 4 nitrogen and oxygen atoms in total. The van der Waals surface area contributed by atoms with Crippen molar-refractivity contribution in [3.63, 3.8) is 0 Å². The van der Waals surface area contributed by atoms with E-state index in [-0.39, 0.29) is 5.91 Å². The van der Waals surface area contributed by atoms with Crippen LogP contribution in [0.4, 0.5) is 5.69 Å². The van der Waals surface area contributed by atoms with Crippen LogP contribution in [0.3, 0.4) is 0 Å². The van der Waals surface area contributed by atoms with Gasteiger partial charge in [-0.15, -0.1) is 0 Å². The van der Waals surface area contributed by atoms with Crippen molar-refractivity contribution in [3.05, 3.63) is 64.7 Å². The minimum absolute atomic E-state index is 0.202. The van der Waals surface area contributed by atoms with Crippen molar-refractivity contribution in [1.82, 2.24) is 0 Å². The molecule has 1 amide bonds. The van der Waals surface area contributed by atoms with Crippen LogP contribution in [0, 0.1) is 0 Å². The second-order valence-electron chi connectivity index (χ2n) is 5.28. The van der Waals surface area contributed by atoms with Crippen molar-refractivity contribution >= 4 is 35.0 Å². The van der Waals surface area contributed by atoms with E-state index in [2.05, 4.69) is 5.10 Å². The maximum Gasteiger partial charge on any atom is 0.280 e. The Balaban J connectivity index is 1.98. The van der Waals surface area contributed by atoms with Gasteiger partial charge in [-0.25, -0.2) is 0 Å². The number of anilines is 1. The molecule has 0 aliphatic carbocycles. The lowest BCUT2D eigenvalue weighted by molar-refractivity contribution is -0.114. The molecule has 0 bridgehead atoms. The van der Waals surface area contributed by atoms with Gasteiger partial charge in [0, 0.05) is 5.56 Å². The molecule has 1 aliphatic rings. The van der Waals surface area contributed by atoms with Gasteiger partial charge in [-0.2, -0.15) is 10.1 Å². The topological polar surface area (TPSA) is 41.9 Å². The predicted octanol–water partition coefficient (Wildman–Crippen LogP) is 4.54. The Kier molecular flexibility index (Phi) is 4.67. The summed E-state index contributed by atoms with van der Waals surface area (Å²) in [5.74, 6) is 0.538. The molecule has 1 aliphatic heterocycles. The van der Waals surface area contributed by atoms with Gasteiger partial charge in [-0.1, -0.05) is 41.9 Å². The molecule has 0 fully saturated rings. The number of carbonyl (C=O) groups excluding carboxylic acids is 1. The molecule has 24 heavy (non-hydrogen) atoms. The molecule has 0 saturated heterocycles. The van der Waals surface area contributed by atoms with E-state index in [0.29, 0.717) is 28.6 Å². The summed E-state index contributed by atoms with van der Waals surface area (Å²) in [5, 5.41) is 6.19. The van der Waals surface area contributed by atoms with E-state index in [1.165, 1.54) is 5.01 Å². The maximum atomic E-state index is 12.8. The summed E-state index contributed by atoms with van der Waals surface area (Å²) in [5.41, 5.74) is 2.59. The molecule has 0 spiro atoms. The fourth-order valence-electron chi connectivity index (χ4n) is 2.51. The number of rotatable bonds is 4. The average molecular weight is 341 g/mol. The second kappa shape index (κ2) is 6.89. The van der Waals surface area contributed by atoms with E-state index in [0.717, 1.165) is 11.3 Å². The highest BCUT2D eigenvalue weighted by Crippen LogP contribution is 2.31. The van der Waals surface area contributed by atoms with Crippen LogP contribution in [0.2, 0.25) is 5.02 Å². The molecule has 0 atom stereocenters. The zero-order valence-electron chi connectivity index (χ0n) is 13.5. The van der Waals surface area contributed by atoms with Gasteiger partial charge in [0.2, 0.25) is 0 Å². The Bertz CT molecular complexity index is 843. The fraction of sp³-hybridized carbons (Fsp3) is 0.158. The smallest absolute Gasteiger partial charge is 0.280 e. The van der Waals surface area contributed by atoms with Gasteiger partial charge in [0.25, 0.3) is 5.91 Å². The van der Waals surface area contributed by atoms with Crippen LogP contribution in [0.5, 0.6) is 5.75 Å². The first kappa shape index (κ1) is 16.3. The van der Waals surface area contributed by atoms with Gasteiger partial charge in [-0.05, 0) is 38.1 Å². The monoisotopic (exact) mass is 340 g/mol. The molecule has 0 saturated carbocycles. The van der Waals surface area contributed by atoms with Crippen LogP contribution in [-0.4, -0.2) is 18.2 Å². The summed E-state index contributed by atoms with van der Waals surface area (Å²) in [7, 11) is 0. The van der Waals surface area contributed by atoms with Crippen molar-refractivity contribution in [3.8, 4) is 5.75 Å². The fourth-order valence-corrected chi connectivity index (χ4v) is 2.73. The highest BCUT2D eigenvalue weighted by molar-refractivity contribution is 6.37. The van der Waals surface area contributed by atoms with Gasteiger partial charge in [0.1, 0.15) is 5.75 Å². The van der Waals surface area contributed by atoms with Crippen molar-refractivity contribution in [1.29, 1.82) is 0 Å². The molecule has 3 rings (SSSR count). The van der Waals surface area contributed by atoms with E-state index >= 15 is 0 Å². The SMILES string of the molecule is CCOc1ccccc1/C=C1/C(=O)N(c2ccccc2Cl)N=C1C. The average Bonchev–Trinajstić information content (AvgIpc) is 2.85. The normalized spacial score (nSPS) is 15.8. The Labute approximate surface area is 146 Å². The molecule has 122 valence electrons. The second-order valence-corrected chi connectivity index (χ2v) is 5.69. The first-order valence-corrected chi connectivity index (χ1v) is 8.07. The number of hydrogen-bond acceptors (Lipinski definition) is 3. The summed E-state index contributed by atoms with van der Waals surface area (Å²) >= 11 is 6.19. The number of ether oxygens (including phenoxy) is 1. The van der Waals surface area contributed by atoms with Crippen molar-refractivity contribution < 1.29 is 9.53 Å². The van der Waals surface area contributed by atoms with Gasteiger partial charge >= 0.3 is 0 Å². The largest absolute Gasteiger partial charge is 0.493 e. The van der Waals surface area contributed by atoms with Crippen LogP contribution in [-0.2, 0) is 4.79 Å². The van der Waals surface area contributed by atoms with Crippen LogP contribution in [0.15, 0.2) is 59.2 Å². The third-order valence-electron chi connectivity index (χ3n) is 3.66. The summed E-state index contributed by atoms with van der Waals surface area (Å²) in [6.07, 6.45) is 1.81. The Hall–Kier alpha value is -2.59. The molecular formula is C19H17ClN2O2. The number of halogens is 1.